The molecule has 0 saturated carbocycles. The minimum Gasteiger partial charge on any atom is -0.356 e. The number of carbonyl (C=O) groups is 1. The van der Waals surface area contributed by atoms with Gasteiger partial charge in [-0.15, -0.1) is 19.2 Å². The fourth-order valence-corrected chi connectivity index (χ4v) is 2.79. The Kier molecular flexibility index (Phi) is 4.32. The average molecular weight is 277 g/mol. The normalized spacial score (nSPS) is 27.1. The lowest BCUT2D eigenvalue weighted by molar-refractivity contribution is -0.148. The minimum atomic E-state index is -0.754. The van der Waals surface area contributed by atoms with E-state index in [4.69, 9.17) is 17.4 Å². The Morgan fingerprint density at radius 3 is 2.89 bits per heavy atom. The Morgan fingerprint density at radius 1 is 1.58 bits per heavy atom. The topological polar surface area (TPSA) is 29.5 Å². The number of carbonyl (C=O) groups excluding carboxylic acids is 1. The van der Waals surface area contributed by atoms with Crippen molar-refractivity contribution in [3.63, 3.8) is 0 Å². The molecule has 0 spiro atoms. The van der Waals surface area contributed by atoms with Crippen molar-refractivity contribution in [2.24, 2.45) is 0 Å². The van der Waals surface area contributed by atoms with Gasteiger partial charge in [0.05, 0.1) is 12.6 Å². The van der Waals surface area contributed by atoms with Crippen LogP contribution in [0.3, 0.4) is 0 Å². The van der Waals surface area contributed by atoms with Crippen molar-refractivity contribution < 1.29 is 9.53 Å². The van der Waals surface area contributed by atoms with Gasteiger partial charge < -0.3 is 9.64 Å². The van der Waals surface area contributed by atoms with Gasteiger partial charge in [0, 0.05) is 13.0 Å². The highest BCUT2D eigenvalue weighted by atomic mass is 32.1. The Morgan fingerprint density at radius 2 is 2.26 bits per heavy atom. The standard InChI is InChI=1S/C15H19NO2S/c1-3-7-14(17)16-10-11-18-15(19,12(16)2)13-8-5-4-6-9-13/h3-6,8-9,12,19H,1,7,10-11H2,2H3. The molecule has 0 aliphatic carbocycles. The molecule has 0 radical (unpaired) electrons. The summed E-state index contributed by atoms with van der Waals surface area (Å²) in [5.41, 5.74) is 0.974. The van der Waals surface area contributed by atoms with Crippen LogP contribution in [0.4, 0.5) is 0 Å². The van der Waals surface area contributed by atoms with E-state index in [0.717, 1.165) is 5.56 Å². The van der Waals surface area contributed by atoms with Crippen molar-refractivity contribution in [2.45, 2.75) is 24.3 Å². The Balaban J connectivity index is 2.27. The maximum absolute atomic E-state index is 12.1. The first-order valence-corrected chi connectivity index (χ1v) is 6.86. The first-order chi connectivity index (χ1) is 9.09. The molecule has 102 valence electrons. The van der Waals surface area contributed by atoms with E-state index in [1.807, 2.05) is 42.2 Å². The maximum atomic E-state index is 12.1. The fourth-order valence-electron chi connectivity index (χ4n) is 2.41. The lowest BCUT2D eigenvalue weighted by Gasteiger charge is -2.45. The van der Waals surface area contributed by atoms with Crippen LogP contribution in [-0.2, 0) is 14.5 Å². The highest BCUT2D eigenvalue weighted by Gasteiger charge is 2.43. The molecule has 1 aliphatic heterocycles. The minimum absolute atomic E-state index is 0.0696. The van der Waals surface area contributed by atoms with Crippen LogP contribution in [0.15, 0.2) is 43.0 Å². The number of hydrogen-bond donors (Lipinski definition) is 1. The number of rotatable bonds is 3. The predicted octanol–water partition coefficient (Wildman–Crippen LogP) is 2.59. The van der Waals surface area contributed by atoms with Gasteiger partial charge in [0.15, 0.2) is 4.93 Å². The molecule has 19 heavy (non-hydrogen) atoms. The summed E-state index contributed by atoms with van der Waals surface area (Å²) in [6, 6.07) is 9.69. The third-order valence-electron chi connectivity index (χ3n) is 3.51. The quantitative estimate of drug-likeness (QED) is 0.680. The fraction of sp³-hybridized carbons (Fsp3) is 0.400. The molecule has 2 unspecified atom stereocenters. The zero-order valence-electron chi connectivity index (χ0n) is 11.1. The van der Waals surface area contributed by atoms with Gasteiger partial charge in [-0.25, -0.2) is 0 Å². The molecule has 2 rings (SSSR count). The second kappa shape index (κ2) is 5.80. The van der Waals surface area contributed by atoms with E-state index in [0.29, 0.717) is 19.6 Å². The molecule has 0 aromatic heterocycles. The van der Waals surface area contributed by atoms with Crippen LogP contribution >= 0.6 is 12.6 Å². The van der Waals surface area contributed by atoms with Crippen LogP contribution in [0.25, 0.3) is 0 Å². The van der Waals surface area contributed by atoms with E-state index in [9.17, 15) is 4.79 Å². The average Bonchev–Trinajstić information content (AvgIpc) is 2.43. The Bertz CT molecular complexity index is 462. The van der Waals surface area contributed by atoms with E-state index < -0.39 is 4.93 Å². The second-order valence-electron chi connectivity index (χ2n) is 4.67. The van der Waals surface area contributed by atoms with Crippen LogP contribution in [0.5, 0.6) is 0 Å². The highest BCUT2D eigenvalue weighted by molar-refractivity contribution is 7.81. The summed E-state index contributed by atoms with van der Waals surface area (Å²) in [4.78, 5) is 13.2. The van der Waals surface area contributed by atoms with Crippen molar-refractivity contribution in [2.75, 3.05) is 13.2 Å². The van der Waals surface area contributed by atoms with Gasteiger partial charge in [-0.3, -0.25) is 4.79 Å². The third-order valence-corrected chi connectivity index (χ3v) is 4.28. The van der Waals surface area contributed by atoms with Gasteiger partial charge >= 0.3 is 0 Å². The molecule has 1 heterocycles. The zero-order chi connectivity index (χ0) is 13.9. The molecule has 1 aliphatic rings. The third kappa shape index (κ3) is 2.69. The molecular weight excluding hydrogens is 258 g/mol. The summed E-state index contributed by atoms with van der Waals surface area (Å²) >= 11 is 4.71. The lowest BCUT2D eigenvalue weighted by Crippen LogP contribution is -2.55. The molecular formula is C15H19NO2S. The Hall–Kier alpha value is -1.26. The molecule has 3 nitrogen and oxygen atoms in total. The highest BCUT2D eigenvalue weighted by Crippen LogP contribution is 2.38. The van der Waals surface area contributed by atoms with Gasteiger partial charge in [-0.1, -0.05) is 36.4 Å². The smallest absolute Gasteiger partial charge is 0.226 e. The van der Waals surface area contributed by atoms with Crippen LogP contribution in [0.2, 0.25) is 0 Å². The van der Waals surface area contributed by atoms with Gasteiger partial charge in [0.25, 0.3) is 0 Å². The van der Waals surface area contributed by atoms with E-state index in [1.165, 1.54) is 0 Å². The summed E-state index contributed by atoms with van der Waals surface area (Å²) < 4.78 is 5.87. The first-order valence-electron chi connectivity index (χ1n) is 6.42. The van der Waals surface area contributed by atoms with Crippen LogP contribution in [0, 0.1) is 0 Å². The van der Waals surface area contributed by atoms with Gasteiger partial charge in [0.1, 0.15) is 0 Å². The van der Waals surface area contributed by atoms with E-state index >= 15 is 0 Å². The van der Waals surface area contributed by atoms with E-state index in [1.54, 1.807) is 6.08 Å². The van der Waals surface area contributed by atoms with Crippen molar-refractivity contribution in [3.05, 3.63) is 48.6 Å². The number of hydrogen-bond acceptors (Lipinski definition) is 3. The number of thiol groups is 1. The molecule has 0 N–H and O–H groups in total. The molecule has 0 bridgehead atoms. The number of ether oxygens (including phenoxy) is 1. The summed E-state index contributed by atoms with van der Waals surface area (Å²) in [6.07, 6.45) is 1.98. The second-order valence-corrected chi connectivity index (χ2v) is 5.33. The van der Waals surface area contributed by atoms with Crippen molar-refractivity contribution in [1.29, 1.82) is 0 Å². The van der Waals surface area contributed by atoms with E-state index in [-0.39, 0.29) is 11.9 Å². The Labute approximate surface area is 119 Å². The summed E-state index contributed by atoms with van der Waals surface area (Å²) in [7, 11) is 0. The predicted molar refractivity (Wildman–Crippen MR) is 79.0 cm³/mol. The molecule has 4 heteroatoms. The van der Waals surface area contributed by atoms with Crippen LogP contribution in [-0.4, -0.2) is 30.0 Å². The summed E-state index contributed by atoms with van der Waals surface area (Å²) in [5.74, 6) is 0.0696. The van der Waals surface area contributed by atoms with Crippen LogP contribution in [0.1, 0.15) is 18.9 Å². The van der Waals surface area contributed by atoms with E-state index in [2.05, 4.69) is 6.58 Å². The number of morpholine rings is 1. The largest absolute Gasteiger partial charge is 0.356 e. The zero-order valence-corrected chi connectivity index (χ0v) is 12.0. The van der Waals surface area contributed by atoms with Crippen molar-refractivity contribution in [3.8, 4) is 0 Å². The van der Waals surface area contributed by atoms with Gasteiger partial charge in [-0.2, -0.15) is 0 Å². The molecule has 2 atom stereocenters. The maximum Gasteiger partial charge on any atom is 0.226 e. The van der Waals surface area contributed by atoms with Gasteiger partial charge in [-0.05, 0) is 12.5 Å². The monoisotopic (exact) mass is 277 g/mol. The lowest BCUT2D eigenvalue weighted by atomic mass is 9.99. The number of amides is 1. The molecule has 1 aromatic carbocycles. The number of benzene rings is 1. The van der Waals surface area contributed by atoms with Gasteiger partial charge in [0.2, 0.25) is 5.91 Å². The summed E-state index contributed by atoms with van der Waals surface area (Å²) in [6.45, 7) is 6.68. The number of nitrogens with zero attached hydrogens (tertiary/aromatic N) is 1. The molecule has 1 amide bonds. The van der Waals surface area contributed by atoms with Crippen LogP contribution < -0.4 is 0 Å². The SMILES string of the molecule is C=CCC(=O)N1CCOC(S)(c2ccccc2)C1C. The molecule has 1 fully saturated rings. The first kappa shape index (κ1) is 14.2. The summed E-state index contributed by atoms with van der Waals surface area (Å²) in [5, 5.41) is 0. The van der Waals surface area contributed by atoms with Crippen molar-refractivity contribution >= 4 is 18.5 Å². The molecule has 1 saturated heterocycles. The van der Waals surface area contributed by atoms with Crippen molar-refractivity contribution in [1.82, 2.24) is 4.90 Å². The molecule has 1 aromatic rings.